The Morgan fingerprint density at radius 1 is 1.15 bits per heavy atom. The predicted molar refractivity (Wildman–Crippen MR) is 156 cm³/mol. The average molecular weight is 544 g/mol. The van der Waals surface area contributed by atoms with Gasteiger partial charge in [0.2, 0.25) is 0 Å². The minimum absolute atomic E-state index is 0.0170. The van der Waals surface area contributed by atoms with Crippen LogP contribution < -0.4 is 4.90 Å². The highest BCUT2D eigenvalue weighted by atomic mass is 19.1. The number of allylic oxidation sites excluding steroid dienone is 4. The van der Waals surface area contributed by atoms with Crippen LogP contribution in [0.1, 0.15) is 89.5 Å². The first-order chi connectivity index (χ1) is 19.3. The number of benzene rings is 1. The monoisotopic (exact) mass is 543 g/mol. The summed E-state index contributed by atoms with van der Waals surface area (Å²) < 4.78 is 15.9. The van der Waals surface area contributed by atoms with Crippen LogP contribution in [0, 0.1) is 34.5 Å². The van der Waals surface area contributed by atoms with Crippen LogP contribution in [0.4, 0.5) is 10.1 Å². The van der Waals surface area contributed by atoms with Gasteiger partial charge >= 0.3 is 0 Å². The molecule has 212 valence electrons. The van der Waals surface area contributed by atoms with Crippen LogP contribution in [-0.4, -0.2) is 42.5 Å². The summed E-state index contributed by atoms with van der Waals surface area (Å²) in [5, 5.41) is 9.63. The van der Waals surface area contributed by atoms with Crippen molar-refractivity contribution in [2.75, 3.05) is 24.6 Å². The van der Waals surface area contributed by atoms with E-state index < -0.39 is 17.0 Å². The number of fused-ring (bicyclic) bond motifs is 4. The van der Waals surface area contributed by atoms with Gasteiger partial charge in [-0.1, -0.05) is 43.4 Å². The molecule has 0 aromatic heterocycles. The molecular weight excluding hydrogens is 501 g/mol. The van der Waals surface area contributed by atoms with Gasteiger partial charge in [-0.15, -0.1) is 0 Å². The van der Waals surface area contributed by atoms with Gasteiger partial charge in [0.1, 0.15) is 12.8 Å². The van der Waals surface area contributed by atoms with Crippen molar-refractivity contribution in [3.63, 3.8) is 0 Å². The van der Waals surface area contributed by atoms with Gasteiger partial charge in [0.15, 0.2) is 11.6 Å². The molecule has 5 heteroatoms. The van der Waals surface area contributed by atoms with Crippen LogP contribution in [0.3, 0.4) is 0 Å². The zero-order chi connectivity index (χ0) is 28.1. The molecule has 1 aromatic rings. The van der Waals surface area contributed by atoms with Gasteiger partial charge in [0, 0.05) is 37.5 Å². The molecule has 0 bridgehead atoms. The summed E-state index contributed by atoms with van der Waals surface area (Å²) >= 11 is 0. The Hall–Kier alpha value is -2.71. The Morgan fingerprint density at radius 2 is 1.90 bits per heavy atom. The highest BCUT2D eigenvalue weighted by Crippen LogP contribution is 2.70. The van der Waals surface area contributed by atoms with Crippen molar-refractivity contribution in [2.45, 2.75) is 90.1 Å². The second-order valence-corrected chi connectivity index (χ2v) is 12.9. The third kappa shape index (κ3) is 4.21. The van der Waals surface area contributed by atoms with Gasteiger partial charge < -0.3 is 10.0 Å². The number of hydrogen-bond donors (Lipinski definition) is 1. The summed E-state index contributed by atoms with van der Waals surface area (Å²) in [5.41, 5.74) is 4.18. The largest absolute Gasteiger partial charge is 0.384 e. The standard InChI is InChI=1S/C35H42FNO3/c1-3-32(40)35(15-7-19-38)16-14-30-28-21-31(36)27-20-25(39)12-13-26(27)33(28)29(22-34(30,35)2)23-8-10-24(11-9-23)37-17-5-4-6-18-37/h8-11,20,28-31,38H,3-6,12-14,16-19,21-22H2,1-2H3/t28-,29+,30-,31?,34-,35+/m0/s1. The fourth-order valence-electron chi connectivity index (χ4n) is 9.26. The Labute approximate surface area is 238 Å². The van der Waals surface area contributed by atoms with E-state index >= 15 is 4.39 Å². The molecule has 6 rings (SSSR count). The third-order valence-corrected chi connectivity index (χ3v) is 11.1. The second-order valence-electron chi connectivity index (χ2n) is 12.9. The summed E-state index contributed by atoms with van der Waals surface area (Å²) in [6, 6.07) is 8.97. The molecule has 1 unspecified atom stereocenters. The minimum Gasteiger partial charge on any atom is -0.384 e. The maximum atomic E-state index is 15.9. The van der Waals surface area contributed by atoms with E-state index in [0.717, 1.165) is 31.5 Å². The lowest BCUT2D eigenvalue weighted by Gasteiger charge is -2.55. The summed E-state index contributed by atoms with van der Waals surface area (Å²) in [7, 11) is 0. The van der Waals surface area contributed by atoms with Crippen molar-refractivity contribution in [2.24, 2.45) is 22.7 Å². The summed E-state index contributed by atoms with van der Waals surface area (Å²) in [6.07, 6.45) is 8.21. The molecule has 5 aliphatic rings. The van der Waals surface area contributed by atoms with Crippen molar-refractivity contribution in [3.05, 3.63) is 52.6 Å². The maximum Gasteiger partial charge on any atom is 0.156 e. The number of aliphatic hydroxyl groups excluding tert-OH is 1. The molecule has 1 heterocycles. The molecule has 1 aliphatic heterocycles. The second kappa shape index (κ2) is 10.6. The van der Waals surface area contributed by atoms with Crippen LogP contribution in [0.5, 0.6) is 0 Å². The molecule has 2 saturated carbocycles. The van der Waals surface area contributed by atoms with Crippen LogP contribution in [0.2, 0.25) is 0 Å². The number of hydrogen-bond acceptors (Lipinski definition) is 4. The Kier molecular flexibility index (Phi) is 7.28. The number of aliphatic hydroxyl groups is 1. The SMILES string of the molecule is CCC(=O)[C@@]1(C#CCO)CC[C@H]2[C@@H]3CC(F)C4=CC(=O)CCC4=C3[C@@H](c3ccc(N4CCCCC4)cc3)C[C@@]21C. The lowest BCUT2D eigenvalue weighted by atomic mass is 9.48. The molecule has 0 amide bonds. The van der Waals surface area contributed by atoms with E-state index in [1.54, 1.807) is 6.08 Å². The van der Waals surface area contributed by atoms with Gasteiger partial charge in [0.25, 0.3) is 0 Å². The van der Waals surface area contributed by atoms with Gasteiger partial charge in [0.05, 0.1) is 5.41 Å². The van der Waals surface area contributed by atoms with Crippen molar-refractivity contribution in [1.29, 1.82) is 0 Å². The molecule has 4 nitrogen and oxygen atoms in total. The van der Waals surface area contributed by atoms with E-state index in [4.69, 9.17) is 0 Å². The third-order valence-electron chi connectivity index (χ3n) is 11.1. The number of anilines is 1. The van der Waals surface area contributed by atoms with Crippen LogP contribution in [-0.2, 0) is 9.59 Å². The molecule has 6 atom stereocenters. The quantitative estimate of drug-likeness (QED) is 0.442. The number of rotatable bonds is 4. The maximum absolute atomic E-state index is 15.9. The fraction of sp³-hybridized carbons (Fsp3) is 0.600. The summed E-state index contributed by atoms with van der Waals surface area (Å²) in [4.78, 5) is 28.5. The van der Waals surface area contributed by atoms with Gasteiger partial charge in [-0.25, -0.2) is 4.39 Å². The van der Waals surface area contributed by atoms with E-state index in [0.29, 0.717) is 37.7 Å². The number of halogens is 1. The lowest BCUT2D eigenvalue weighted by molar-refractivity contribution is -0.132. The lowest BCUT2D eigenvalue weighted by Crippen LogP contribution is -2.51. The first-order valence-electron chi connectivity index (χ1n) is 15.4. The molecule has 40 heavy (non-hydrogen) atoms. The topological polar surface area (TPSA) is 57.6 Å². The molecule has 3 fully saturated rings. The Balaban J connectivity index is 1.49. The van der Waals surface area contributed by atoms with E-state index in [-0.39, 0.29) is 35.9 Å². The molecule has 1 N–H and O–H groups in total. The average Bonchev–Trinajstić information content (AvgIpc) is 3.28. The molecular formula is C35H42FNO3. The summed E-state index contributed by atoms with van der Waals surface area (Å²) in [5.74, 6) is 6.55. The van der Waals surface area contributed by atoms with E-state index in [1.165, 1.54) is 36.1 Å². The fourth-order valence-corrected chi connectivity index (χ4v) is 9.26. The van der Waals surface area contributed by atoms with Crippen molar-refractivity contribution < 1.29 is 19.1 Å². The Bertz CT molecular complexity index is 1310. The van der Waals surface area contributed by atoms with Gasteiger partial charge in [-0.3, -0.25) is 9.59 Å². The zero-order valence-corrected chi connectivity index (χ0v) is 24.0. The van der Waals surface area contributed by atoms with Gasteiger partial charge in [-0.05, 0) is 104 Å². The number of alkyl halides is 1. The Morgan fingerprint density at radius 3 is 2.60 bits per heavy atom. The van der Waals surface area contributed by atoms with E-state index in [9.17, 15) is 14.7 Å². The van der Waals surface area contributed by atoms with Crippen LogP contribution in [0.15, 0.2) is 47.1 Å². The van der Waals surface area contributed by atoms with Crippen LogP contribution in [0.25, 0.3) is 0 Å². The minimum atomic E-state index is -1.15. The summed E-state index contributed by atoms with van der Waals surface area (Å²) in [6.45, 7) is 6.04. The number of carbonyl (C=O) groups is 2. The normalized spacial score (nSPS) is 35.2. The first-order valence-corrected chi connectivity index (χ1v) is 15.4. The van der Waals surface area contributed by atoms with Crippen molar-refractivity contribution >= 4 is 17.3 Å². The highest BCUT2D eigenvalue weighted by Gasteiger charge is 2.65. The van der Waals surface area contributed by atoms with Crippen LogP contribution >= 0.6 is 0 Å². The van der Waals surface area contributed by atoms with Crippen molar-refractivity contribution in [3.8, 4) is 11.8 Å². The molecule has 0 radical (unpaired) electrons. The van der Waals surface area contributed by atoms with E-state index in [2.05, 4.69) is 47.9 Å². The number of ketones is 2. The predicted octanol–water partition coefficient (Wildman–Crippen LogP) is 6.49. The number of Topliss-reactive ketones (excluding diaryl/α,β-unsaturated/α-hetero) is 1. The van der Waals surface area contributed by atoms with Crippen molar-refractivity contribution in [1.82, 2.24) is 0 Å². The zero-order valence-electron chi connectivity index (χ0n) is 24.0. The molecule has 0 spiro atoms. The molecule has 1 saturated heterocycles. The molecule has 1 aromatic carbocycles. The van der Waals surface area contributed by atoms with E-state index in [1.807, 2.05) is 6.92 Å². The first kappa shape index (κ1) is 27.5. The highest BCUT2D eigenvalue weighted by molar-refractivity contribution is 5.93. The number of nitrogens with zero attached hydrogens (tertiary/aromatic N) is 1. The van der Waals surface area contributed by atoms with Gasteiger partial charge in [-0.2, -0.15) is 0 Å². The molecule has 4 aliphatic carbocycles. The number of piperidine rings is 1. The number of carbonyl (C=O) groups excluding carboxylic acids is 2. The smallest absolute Gasteiger partial charge is 0.156 e.